The first-order chi connectivity index (χ1) is 16.6. The van der Waals surface area contributed by atoms with Gasteiger partial charge in [-0.1, -0.05) is 24.3 Å². The number of carbonyl (C=O) groups is 2. The van der Waals surface area contributed by atoms with Crippen molar-refractivity contribution in [2.24, 2.45) is 11.7 Å². The topological polar surface area (TPSA) is 150 Å². The molecule has 0 bridgehead atoms. The van der Waals surface area contributed by atoms with Crippen LogP contribution in [0.15, 0.2) is 24.3 Å². The van der Waals surface area contributed by atoms with Crippen LogP contribution in [-0.4, -0.2) is 62.5 Å². The van der Waals surface area contributed by atoms with E-state index in [1.807, 2.05) is 0 Å². The average Bonchev–Trinajstić information content (AvgIpc) is 2.82. The number of aliphatic hydroxyl groups is 2. The zero-order chi connectivity index (χ0) is 25.2. The van der Waals surface area contributed by atoms with Gasteiger partial charge in [0.05, 0.1) is 35.5 Å². The molecule has 0 amide bonds. The number of aliphatic hydroxyl groups excluding tert-OH is 2. The van der Waals surface area contributed by atoms with Crippen LogP contribution >= 0.6 is 0 Å². The zero-order valence-corrected chi connectivity index (χ0v) is 19.8. The van der Waals surface area contributed by atoms with Crippen molar-refractivity contribution in [2.45, 2.75) is 75.9 Å². The Kier molecular flexibility index (Phi) is 5.96. The Balaban J connectivity index is 1.63. The molecule has 0 spiro atoms. The molecule has 1 saturated heterocycles. The molecule has 3 aliphatic rings. The molecule has 0 aromatic heterocycles. The number of phenolic OH excluding ortho intramolecular Hbond substituents is 2. The second-order valence-electron chi connectivity index (χ2n) is 10.3. The molecule has 1 fully saturated rings. The molecular weight excluding hydrogens is 450 g/mol. The van der Waals surface area contributed by atoms with Crippen molar-refractivity contribution in [1.82, 2.24) is 0 Å². The Hall–Kier alpha value is -2.78. The number of aromatic hydroxyl groups is 2. The number of rotatable bonds is 3. The summed E-state index contributed by atoms with van der Waals surface area (Å²) in [5.74, 6) is -2.18. The minimum Gasteiger partial charge on any atom is -0.507 e. The second kappa shape index (κ2) is 8.71. The fourth-order valence-corrected chi connectivity index (χ4v) is 6.14. The number of fused-ring (bicyclic) bond motifs is 3. The lowest BCUT2D eigenvalue weighted by Crippen LogP contribution is -2.51. The minimum absolute atomic E-state index is 0.171. The molecule has 1 aliphatic heterocycles. The van der Waals surface area contributed by atoms with Gasteiger partial charge in [0, 0.05) is 28.3 Å². The number of phenols is 2. The van der Waals surface area contributed by atoms with E-state index in [0.29, 0.717) is 30.4 Å². The Bertz CT molecular complexity index is 1190. The van der Waals surface area contributed by atoms with E-state index in [1.54, 1.807) is 32.0 Å². The lowest BCUT2D eigenvalue weighted by molar-refractivity contribution is -0.121. The van der Waals surface area contributed by atoms with Crippen molar-refractivity contribution in [1.29, 1.82) is 0 Å². The van der Waals surface area contributed by atoms with Crippen molar-refractivity contribution in [3.63, 3.8) is 0 Å². The number of hydrogen-bond acceptors (Lipinski definition) is 8. The Morgan fingerprint density at radius 1 is 1.06 bits per heavy atom. The van der Waals surface area contributed by atoms with Gasteiger partial charge in [-0.15, -0.1) is 0 Å². The van der Waals surface area contributed by atoms with Crippen molar-refractivity contribution in [3.05, 3.63) is 57.6 Å². The quantitative estimate of drug-likeness (QED) is 0.357. The van der Waals surface area contributed by atoms with Gasteiger partial charge in [-0.05, 0) is 51.4 Å². The molecule has 1 heterocycles. The fourth-order valence-electron chi connectivity index (χ4n) is 6.14. The molecule has 186 valence electrons. The normalized spacial score (nSPS) is 30.9. The van der Waals surface area contributed by atoms with Gasteiger partial charge in [-0.2, -0.15) is 0 Å². The Morgan fingerprint density at radius 3 is 2.23 bits per heavy atom. The molecule has 7 atom stereocenters. The molecular formula is C27H31NO7. The summed E-state index contributed by atoms with van der Waals surface area (Å²) < 4.78 is 5.99. The first-order valence-electron chi connectivity index (χ1n) is 12.2. The number of hydrogen-bond donors (Lipinski definition) is 5. The van der Waals surface area contributed by atoms with Crippen LogP contribution in [0.4, 0.5) is 0 Å². The first kappa shape index (κ1) is 23.9. The summed E-state index contributed by atoms with van der Waals surface area (Å²) in [5, 5.41) is 43.3. The number of carbonyl (C=O) groups excluding carboxylic acids is 2. The molecule has 2 aliphatic carbocycles. The van der Waals surface area contributed by atoms with Crippen LogP contribution in [0, 0.1) is 5.92 Å². The third kappa shape index (κ3) is 3.76. The van der Waals surface area contributed by atoms with Crippen molar-refractivity contribution >= 4 is 11.6 Å². The van der Waals surface area contributed by atoms with Gasteiger partial charge < -0.3 is 30.9 Å². The van der Waals surface area contributed by atoms with E-state index in [1.165, 1.54) is 6.07 Å². The lowest BCUT2D eigenvalue weighted by Gasteiger charge is -2.40. The molecule has 0 radical (unpaired) electrons. The average molecular weight is 482 g/mol. The Morgan fingerprint density at radius 2 is 1.66 bits per heavy atom. The smallest absolute Gasteiger partial charge is 0.198 e. The van der Waals surface area contributed by atoms with Crippen LogP contribution in [0.2, 0.25) is 0 Å². The molecule has 2 aromatic carbocycles. The highest BCUT2D eigenvalue weighted by molar-refractivity contribution is 6.30. The molecule has 5 rings (SSSR count). The molecule has 8 heteroatoms. The van der Waals surface area contributed by atoms with Gasteiger partial charge in [0.1, 0.15) is 11.5 Å². The van der Waals surface area contributed by atoms with E-state index in [-0.39, 0.29) is 58.1 Å². The summed E-state index contributed by atoms with van der Waals surface area (Å²) >= 11 is 0. The van der Waals surface area contributed by atoms with Crippen molar-refractivity contribution in [2.75, 3.05) is 0 Å². The summed E-state index contributed by atoms with van der Waals surface area (Å²) in [6.07, 6.45) is -0.629. The predicted octanol–water partition coefficient (Wildman–Crippen LogP) is 2.16. The maximum absolute atomic E-state index is 13.4. The van der Waals surface area contributed by atoms with Gasteiger partial charge in [0.25, 0.3) is 0 Å². The minimum atomic E-state index is -0.775. The van der Waals surface area contributed by atoms with E-state index in [0.717, 1.165) is 0 Å². The van der Waals surface area contributed by atoms with Crippen LogP contribution in [0.3, 0.4) is 0 Å². The van der Waals surface area contributed by atoms with Crippen LogP contribution < -0.4 is 5.73 Å². The highest BCUT2D eigenvalue weighted by Crippen LogP contribution is 2.52. The summed E-state index contributed by atoms with van der Waals surface area (Å²) in [4.78, 5) is 26.7. The van der Waals surface area contributed by atoms with Gasteiger partial charge in [0.2, 0.25) is 0 Å². The number of nitrogens with two attached hydrogens (primary N) is 1. The molecule has 2 aromatic rings. The van der Waals surface area contributed by atoms with Crippen LogP contribution in [0.1, 0.15) is 82.0 Å². The predicted molar refractivity (Wildman–Crippen MR) is 127 cm³/mol. The molecule has 35 heavy (non-hydrogen) atoms. The van der Waals surface area contributed by atoms with Crippen LogP contribution in [0.25, 0.3) is 0 Å². The molecule has 6 N–H and O–H groups in total. The highest BCUT2D eigenvalue weighted by atomic mass is 16.5. The monoisotopic (exact) mass is 481 g/mol. The standard InChI is InChI=1S/C27H31NO7/c1-11(29)13-7-14(8-15-10-19(28)23(30)12(2)35-15)20-18(9-13)26(33)21-22(27(20)34)25(32)17-6-4-3-5-16(17)24(21)31/h3-6,11-15,19,23,29-30,33-34H,7-10,28H2,1-2H3/t11?,12-,13?,14?,15-,19-,23+/m0/s1. The van der Waals surface area contributed by atoms with E-state index >= 15 is 0 Å². The summed E-state index contributed by atoms with van der Waals surface area (Å²) in [6, 6.07) is 5.92. The van der Waals surface area contributed by atoms with Gasteiger partial charge in [0.15, 0.2) is 11.6 Å². The fraction of sp³-hybridized carbons (Fsp3) is 0.481. The van der Waals surface area contributed by atoms with E-state index in [9.17, 15) is 30.0 Å². The van der Waals surface area contributed by atoms with Crippen molar-refractivity contribution < 1.29 is 34.8 Å². The number of benzene rings is 2. The number of ketones is 2. The van der Waals surface area contributed by atoms with Crippen LogP contribution in [-0.2, 0) is 11.2 Å². The second-order valence-corrected chi connectivity index (χ2v) is 10.3. The molecule has 3 unspecified atom stereocenters. The van der Waals surface area contributed by atoms with Gasteiger partial charge in [-0.25, -0.2) is 0 Å². The summed E-state index contributed by atoms with van der Waals surface area (Å²) in [6.45, 7) is 3.43. The van der Waals surface area contributed by atoms with Crippen molar-refractivity contribution in [3.8, 4) is 11.5 Å². The molecule has 0 saturated carbocycles. The highest BCUT2D eigenvalue weighted by Gasteiger charge is 2.43. The largest absolute Gasteiger partial charge is 0.507 e. The SMILES string of the molecule is CC(O)C1Cc2c(O)c3c(c(O)c2C(C[C@H]2C[C@H](N)[C@H](O)[C@H](C)O2)C1)C(=O)c1ccccc1C3=O. The first-order valence-corrected chi connectivity index (χ1v) is 12.2. The molecule has 8 nitrogen and oxygen atoms in total. The number of ether oxygens (including phenoxy) is 1. The zero-order valence-electron chi connectivity index (χ0n) is 19.8. The maximum Gasteiger partial charge on any atom is 0.198 e. The third-order valence-corrected chi connectivity index (χ3v) is 8.01. The van der Waals surface area contributed by atoms with Gasteiger partial charge in [-0.3, -0.25) is 9.59 Å². The van der Waals surface area contributed by atoms with E-state index < -0.39 is 35.9 Å². The summed E-state index contributed by atoms with van der Waals surface area (Å²) in [5.41, 5.74) is 6.96. The maximum atomic E-state index is 13.4. The summed E-state index contributed by atoms with van der Waals surface area (Å²) in [7, 11) is 0. The van der Waals surface area contributed by atoms with E-state index in [4.69, 9.17) is 10.5 Å². The Labute approximate surface area is 203 Å². The third-order valence-electron chi connectivity index (χ3n) is 8.01. The van der Waals surface area contributed by atoms with E-state index in [2.05, 4.69) is 0 Å². The van der Waals surface area contributed by atoms with Gasteiger partial charge >= 0.3 is 0 Å². The lowest BCUT2D eigenvalue weighted by atomic mass is 9.69. The van der Waals surface area contributed by atoms with Crippen LogP contribution in [0.5, 0.6) is 11.5 Å².